The zero-order valence-electron chi connectivity index (χ0n) is 23.6. The van der Waals surface area contributed by atoms with Crippen molar-refractivity contribution < 1.29 is 29.3 Å². The van der Waals surface area contributed by atoms with Gasteiger partial charge in [0, 0.05) is 37.2 Å². The third-order valence-electron chi connectivity index (χ3n) is 8.05. The number of carbonyl (C=O) groups is 3. The molecule has 1 fully saturated rings. The number of aliphatic hydroxyl groups excluding tert-OH is 1. The first-order valence-electron chi connectivity index (χ1n) is 14.2. The molecule has 9 nitrogen and oxygen atoms in total. The average Bonchev–Trinajstić information content (AvgIpc) is 2.95. The first-order valence-corrected chi connectivity index (χ1v) is 14.2. The Morgan fingerprint density at radius 2 is 1.82 bits per heavy atom. The SMILES string of the molecule is C[C@H]1CN([C@@H](C)CO)C(=O)c2cc(NC(=O)C3CCCCC3)ccc2O[C@@H]1CN(C)Cc1ccc(C(=O)O)cc1. The lowest BCUT2D eigenvalue weighted by Gasteiger charge is -2.38. The van der Waals surface area contributed by atoms with E-state index in [-0.39, 0.29) is 48.0 Å². The van der Waals surface area contributed by atoms with Crippen LogP contribution in [0.3, 0.4) is 0 Å². The minimum Gasteiger partial charge on any atom is -0.488 e. The van der Waals surface area contributed by atoms with Crippen LogP contribution in [0.4, 0.5) is 5.69 Å². The quantitative estimate of drug-likeness (QED) is 0.426. The Bertz CT molecular complexity index is 1190. The molecule has 1 aliphatic heterocycles. The minimum atomic E-state index is -0.955. The maximum Gasteiger partial charge on any atom is 0.335 e. The number of rotatable bonds is 9. The summed E-state index contributed by atoms with van der Waals surface area (Å²) < 4.78 is 6.47. The Kier molecular flexibility index (Phi) is 9.81. The van der Waals surface area contributed by atoms with E-state index in [1.54, 1.807) is 35.2 Å². The highest BCUT2D eigenvalue weighted by Crippen LogP contribution is 2.32. The molecule has 40 heavy (non-hydrogen) atoms. The van der Waals surface area contributed by atoms with Gasteiger partial charge in [0.1, 0.15) is 11.9 Å². The van der Waals surface area contributed by atoms with Crippen LogP contribution in [-0.4, -0.2) is 76.7 Å². The van der Waals surface area contributed by atoms with Gasteiger partial charge in [-0.15, -0.1) is 0 Å². The van der Waals surface area contributed by atoms with E-state index in [1.807, 2.05) is 33.0 Å². The lowest BCUT2D eigenvalue weighted by atomic mass is 9.88. The number of carboxylic acids is 1. The zero-order valence-corrected chi connectivity index (χ0v) is 23.6. The van der Waals surface area contributed by atoms with E-state index in [0.29, 0.717) is 36.6 Å². The summed E-state index contributed by atoms with van der Waals surface area (Å²) >= 11 is 0. The lowest BCUT2D eigenvalue weighted by Crippen LogP contribution is -2.49. The van der Waals surface area contributed by atoms with Crippen molar-refractivity contribution in [3.8, 4) is 5.75 Å². The predicted molar refractivity (Wildman–Crippen MR) is 153 cm³/mol. The molecule has 2 aliphatic rings. The molecule has 0 saturated heterocycles. The van der Waals surface area contributed by atoms with E-state index in [4.69, 9.17) is 9.84 Å². The Balaban J connectivity index is 1.54. The van der Waals surface area contributed by atoms with Crippen molar-refractivity contribution in [1.82, 2.24) is 9.80 Å². The summed E-state index contributed by atoms with van der Waals surface area (Å²) in [5.74, 6) is -0.787. The van der Waals surface area contributed by atoms with Crippen LogP contribution in [-0.2, 0) is 11.3 Å². The fourth-order valence-electron chi connectivity index (χ4n) is 5.56. The number of nitrogens with one attached hydrogen (secondary N) is 1. The van der Waals surface area contributed by atoms with Gasteiger partial charge in [-0.3, -0.25) is 14.5 Å². The van der Waals surface area contributed by atoms with Crippen molar-refractivity contribution >= 4 is 23.5 Å². The van der Waals surface area contributed by atoms with Crippen LogP contribution < -0.4 is 10.1 Å². The van der Waals surface area contributed by atoms with Gasteiger partial charge in [0.25, 0.3) is 5.91 Å². The molecule has 1 saturated carbocycles. The molecule has 4 rings (SSSR count). The summed E-state index contributed by atoms with van der Waals surface area (Å²) in [6.45, 7) is 5.27. The molecule has 2 amide bonds. The van der Waals surface area contributed by atoms with Gasteiger partial charge in [0.2, 0.25) is 5.91 Å². The smallest absolute Gasteiger partial charge is 0.335 e. The molecular formula is C31H41N3O6. The van der Waals surface area contributed by atoms with Crippen LogP contribution in [0.15, 0.2) is 42.5 Å². The summed E-state index contributed by atoms with van der Waals surface area (Å²) in [6, 6.07) is 11.7. The number of nitrogens with zero attached hydrogens (tertiary/aromatic N) is 2. The molecule has 1 heterocycles. The number of anilines is 1. The van der Waals surface area contributed by atoms with Gasteiger partial charge in [-0.05, 0) is 62.7 Å². The highest BCUT2D eigenvalue weighted by molar-refractivity contribution is 6.00. The lowest BCUT2D eigenvalue weighted by molar-refractivity contribution is -0.120. The highest BCUT2D eigenvalue weighted by Gasteiger charge is 2.34. The van der Waals surface area contributed by atoms with Gasteiger partial charge in [0.05, 0.1) is 23.8 Å². The second-order valence-electron chi connectivity index (χ2n) is 11.4. The fraction of sp³-hybridized carbons (Fsp3) is 0.516. The Hall–Kier alpha value is -3.43. The number of fused-ring (bicyclic) bond motifs is 1. The second kappa shape index (κ2) is 13.3. The molecule has 0 unspecified atom stereocenters. The summed E-state index contributed by atoms with van der Waals surface area (Å²) in [5, 5.41) is 22.1. The van der Waals surface area contributed by atoms with E-state index in [9.17, 15) is 19.5 Å². The number of hydrogen-bond acceptors (Lipinski definition) is 6. The number of carbonyl (C=O) groups excluding carboxylic acids is 2. The molecular weight excluding hydrogens is 510 g/mol. The fourth-order valence-corrected chi connectivity index (χ4v) is 5.56. The number of hydrogen-bond donors (Lipinski definition) is 3. The van der Waals surface area contributed by atoms with Crippen LogP contribution >= 0.6 is 0 Å². The van der Waals surface area contributed by atoms with Crippen LogP contribution in [0, 0.1) is 11.8 Å². The largest absolute Gasteiger partial charge is 0.488 e. The Morgan fingerprint density at radius 1 is 1.12 bits per heavy atom. The molecule has 2 aromatic rings. The van der Waals surface area contributed by atoms with E-state index < -0.39 is 5.97 Å². The van der Waals surface area contributed by atoms with Gasteiger partial charge in [0.15, 0.2) is 0 Å². The van der Waals surface area contributed by atoms with Gasteiger partial charge < -0.3 is 25.2 Å². The maximum atomic E-state index is 13.7. The van der Waals surface area contributed by atoms with Gasteiger partial charge in [-0.25, -0.2) is 4.79 Å². The van der Waals surface area contributed by atoms with Crippen molar-refractivity contribution in [2.75, 3.05) is 32.1 Å². The Labute approximate surface area is 236 Å². The maximum absolute atomic E-state index is 13.7. The highest BCUT2D eigenvalue weighted by atomic mass is 16.5. The normalized spacial score (nSPS) is 20.7. The van der Waals surface area contributed by atoms with Crippen LogP contribution in [0.25, 0.3) is 0 Å². The van der Waals surface area contributed by atoms with E-state index in [2.05, 4.69) is 10.2 Å². The molecule has 0 aromatic heterocycles. The monoisotopic (exact) mass is 551 g/mol. The minimum absolute atomic E-state index is 0.00489. The molecule has 216 valence electrons. The summed E-state index contributed by atoms with van der Waals surface area (Å²) in [4.78, 5) is 41.5. The number of likely N-dealkylation sites (N-methyl/N-ethyl adjacent to an activating group) is 1. The molecule has 3 atom stereocenters. The summed E-state index contributed by atoms with van der Waals surface area (Å²) in [6.07, 6.45) is 4.80. The number of carboxylic acid groups (broad SMARTS) is 1. The molecule has 9 heteroatoms. The number of aromatic carboxylic acids is 1. The van der Waals surface area contributed by atoms with Crippen molar-refractivity contribution in [3.63, 3.8) is 0 Å². The van der Waals surface area contributed by atoms with Crippen molar-refractivity contribution in [2.45, 2.75) is 64.6 Å². The molecule has 0 radical (unpaired) electrons. The third-order valence-corrected chi connectivity index (χ3v) is 8.05. The standard InChI is InChI=1S/C31H41N3O6/c1-20-16-34(21(2)19-35)30(37)26-15-25(32-29(36)23-7-5-4-6-8-23)13-14-27(26)40-28(20)18-33(3)17-22-9-11-24(12-10-22)31(38)39/h9-15,20-21,23,28,35H,4-8,16-19H2,1-3H3,(H,32,36)(H,38,39)/t20-,21-,28+/m0/s1. The third kappa shape index (κ3) is 7.20. The topological polar surface area (TPSA) is 119 Å². The average molecular weight is 552 g/mol. The second-order valence-corrected chi connectivity index (χ2v) is 11.4. The first kappa shape index (κ1) is 29.6. The number of ether oxygens (including phenoxy) is 1. The molecule has 3 N–H and O–H groups in total. The van der Waals surface area contributed by atoms with Gasteiger partial charge in [-0.2, -0.15) is 0 Å². The predicted octanol–water partition coefficient (Wildman–Crippen LogP) is 4.26. The van der Waals surface area contributed by atoms with Crippen LogP contribution in [0.5, 0.6) is 5.75 Å². The van der Waals surface area contributed by atoms with Crippen molar-refractivity contribution in [2.24, 2.45) is 11.8 Å². The van der Waals surface area contributed by atoms with Crippen molar-refractivity contribution in [3.05, 3.63) is 59.2 Å². The van der Waals surface area contributed by atoms with Gasteiger partial charge >= 0.3 is 5.97 Å². The van der Waals surface area contributed by atoms with E-state index in [1.165, 1.54) is 6.42 Å². The summed E-state index contributed by atoms with van der Waals surface area (Å²) in [5.41, 5.74) is 2.16. The number of amides is 2. The molecule has 2 aromatic carbocycles. The zero-order chi connectivity index (χ0) is 28.8. The van der Waals surface area contributed by atoms with Crippen LogP contribution in [0.2, 0.25) is 0 Å². The molecule has 0 bridgehead atoms. The molecule has 1 aliphatic carbocycles. The van der Waals surface area contributed by atoms with E-state index in [0.717, 1.165) is 31.2 Å². The number of benzene rings is 2. The van der Waals surface area contributed by atoms with Crippen molar-refractivity contribution in [1.29, 1.82) is 0 Å². The molecule has 0 spiro atoms. The Morgan fingerprint density at radius 3 is 2.48 bits per heavy atom. The van der Waals surface area contributed by atoms with Gasteiger partial charge in [-0.1, -0.05) is 38.3 Å². The van der Waals surface area contributed by atoms with E-state index >= 15 is 0 Å². The van der Waals surface area contributed by atoms with Crippen LogP contribution in [0.1, 0.15) is 72.2 Å². The number of aliphatic hydroxyl groups is 1. The first-order chi connectivity index (χ1) is 19.2. The summed E-state index contributed by atoms with van der Waals surface area (Å²) in [7, 11) is 1.98.